The van der Waals surface area contributed by atoms with Gasteiger partial charge in [0, 0.05) is 23.2 Å². The fourth-order valence-electron chi connectivity index (χ4n) is 5.30. The molecule has 0 bridgehead atoms. The van der Waals surface area contributed by atoms with Crippen LogP contribution in [-0.4, -0.2) is 39.9 Å². The molecule has 1 aliphatic carbocycles. The van der Waals surface area contributed by atoms with Crippen LogP contribution < -0.4 is 10.1 Å². The molecule has 1 unspecified atom stereocenters. The second-order valence-corrected chi connectivity index (χ2v) is 9.91. The minimum Gasteiger partial charge on any atom is -0.494 e. The number of benzene rings is 1. The van der Waals surface area contributed by atoms with Crippen molar-refractivity contribution in [3.8, 4) is 17.0 Å². The molecule has 0 radical (unpaired) electrons. The monoisotopic (exact) mass is 446 g/mol. The summed E-state index contributed by atoms with van der Waals surface area (Å²) in [7, 11) is 0. The molecule has 3 aromatic rings. The number of carbonyl (C=O) groups is 1. The summed E-state index contributed by atoms with van der Waals surface area (Å²) in [5.74, 6) is 1.06. The van der Waals surface area contributed by atoms with Gasteiger partial charge in [0.1, 0.15) is 11.3 Å². The van der Waals surface area contributed by atoms with E-state index in [9.17, 15) is 4.79 Å². The Balaban J connectivity index is 1.29. The van der Waals surface area contributed by atoms with Crippen LogP contribution in [0.5, 0.6) is 5.75 Å². The second-order valence-electron chi connectivity index (χ2n) is 9.91. The predicted octanol–water partition coefficient (Wildman–Crippen LogP) is 5.69. The lowest BCUT2D eigenvalue weighted by atomic mass is 9.71. The van der Waals surface area contributed by atoms with Crippen LogP contribution in [0.3, 0.4) is 0 Å². The van der Waals surface area contributed by atoms with Crippen molar-refractivity contribution in [3.63, 3.8) is 0 Å². The van der Waals surface area contributed by atoms with Gasteiger partial charge in [0.05, 0.1) is 24.1 Å². The highest BCUT2D eigenvalue weighted by Gasteiger charge is 2.36. The molecule has 0 spiro atoms. The number of ketones is 1. The minimum absolute atomic E-state index is 0.191. The van der Waals surface area contributed by atoms with Crippen LogP contribution >= 0.6 is 0 Å². The summed E-state index contributed by atoms with van der Waals surface area (Å²) in [4.78, 5) is 25.9. The first-order chi connectivity index (χ1) is 16.1. The van der Waals surface area contributed by atoms with E-state index in [-0.39, 0.29) is 11.2 Å². The van der Waals surface area contributed by atoms with Gasteiger partial charge in [-0.1, -0.05) is 32.6 Å². The van der Waals surface area contributed by atoms with Crippen LogP contribution in [-0.2, 0) is 0 Å². The highest BCUT2D eigenvalue weighted by atomic mass is 16.5. The average molecular weight is 447 g/mol. The summed E-state index contributed by atoms with van der Waals surface area (Å²) >= 11 is 0. The molecule has 2 aromatic heterocycles. The number of carbonyl (C=O) groups excluding carboxylic acids is 1. The van der Waals surface area contributed by atoms with Crippen molar-refractivity contribution < 1.29 is 9.53 Å². The quantitative estimate of drug-likeness (QED) is 0.456. The van der Waals surface area contributed by atoms with Gasteiger partial charge >= 0.3 is 0 Å². The highest BCUT2D eigenvalue weighted by molar-refractivity contribution is 6.08. The van der Waals surface area contributed by atoms with Gasteiger partial charge < -0.3 is 15.0 Å². The van der Waals surface area contributed by atoms with Gasteiger partial charge in [-0.2, -0.15) is 0 Å². The second kappa shape index (κ2) is 9.64. The van der Waals surface area contributed by atoms with E-state index in [1.54, 1.807) is 12.4 Å². The molecule has 1 aromatic carbocycles. The molecule has 1 saturated heterocycles. The molecule has 2 fully saturated rings. The number of rotatable bonds is 7. The predicted molar refractivity (Wildman–Crippen MR) is 131 cm³/mol. The molecule has 6 heteroatoms. The van der Waals surface area contributed by atoms with E-state index >= 15 is 0 Å². The number of Topliss-reactive ketones (excluding diaryl/α,β-unsaturated/α-hetero) is 1. The Hall–Kier alpha value is -2.73. The SMILES string of the molecule is CC1(C(=O)c2c[nH]c3ncc(-c4ccc(OCCC5CCCCN5)cc4)nc23)CCCCC1. The molecule has 3 heterocycles. The first kappa shape index (κ1) is 22.1. The van der Waals surface area contributed by atoms with E-state index < -0.39 is 0 Å². The summed E-state index contributed by atoms with van der Waals surface area (Å²) in [6.45, 7) is 3.95. The first-order valence-corrected chi connectivity index (χ1v) is 12.5. The molecule has 174 valence electrons. The van der Waals surface area contributed by atoms with Crippen LogP contribution in [0.15, 0.2) is 36.7 Å². The van der Waals surface area contributed by atoms with E-state index in [4.69, 9.17) is 9.72 Å². The Kier molecular flexibility index (Phi) is 6.45. The zero-order valence-corrected chi connectivity index (χ0v) is 19.5. The van der Waals surface area contributed by atoms with Crippen LogP contribution in [0, 0.1) is 5.41 Å². The number of nitrogens with one attached hydrogen (secondary N) is 2. The maximum Gasteiger partial charge on any atom is 0.172 e. The molecular weight excluding hydrogens is 412 g/mol. The maximum atomic E-state index is 13.4. The Bertz CT molecular complexity index is 1090. The van der Waals surface area contributed by atoms with Gasteiger partial charge in [-0.25, -0.2) is 9.97 Å². The van der Waals surface area contributed by atoms with Crippen LogP contribution in [0.25, 0.3) is 22.4 Å². The van der Waals surface area contributed by atoms with E-state index in [1.807, 2.05) is 24.3 Å². The minimum atomic E-state index is -0.294. The topological polar surface area (TPSA) is 79.9 Å². The summed E-state index contributed by atoms with van der Waals surface area (Å²) < 4.78 is 5.96. The van der Waals surface area contributed by atoms with Gasteiger partial charge in [0.2, 0.25) is 0 Å². The third kappa shape index (κ3) is 4.81. The lowest BCUT2D eigenvalue weighted by Crippen LogP contribution is -2.35. The van der Waals surface area contributed by atoms with Crippen LogP contribution in [0.4, 0.5) is 0 Å². The fourth-order valence-corrected chi connectivity index (χ4v) is 5.30. The van der Waals surface area contributed by atoms with E-state index in [1.165, 1.54) is 25.7 Å². The van der Waals surface area contributed by atoms with Crippen molar-refractivity contribution >= 4 is 16.9 Å². The third-order valence-corrected chi connectivity index (χ3v) is 7.43. The molecule has 1 aliphatic heterocycles. The fraction of sp³-hybridized carbons (Fsp3) is 0.519. The summed E-state index contributed by atoms with van der Waals surface area (Å²) in [5.41, 5.74) is 3.44. The first-order valence-electron chi connectivity index (χ1n) is 12.5. The number of piperidine rings is 1. The molecule has 2 aliphatic rings. The van der Waals surface area contributed by atoms with E-state index in [0.717, 1.165) is 62.3 Å². The van der Waals surface area contributed by atoms with Crippen molar-refractivity contribution in [2.75, 3.05) is 13.2 Å². The molecular formula is C27H34N4O2. The van der Waals surface area contributed by atoms with Crippen molar-refractivity contribution in [1.82, 2.24) is 20.3 Å². The van der Waals surface area contributed by atoms with E-state index in [0.29, 0.717) is 22.8 Å². The Labute approximate surface area is 195 Å². The van der Waals surface area contributed by atoms with Crippen molar-refractivity contribution in [2.24, 2.45) is 5.41 Å². The normalized spacial score (nSPS) is 20.6. The molecule has 33 heavy (non-hydrogen) atoms. The number of fused-ring (bicyclic) bond motifs is 1. The number of H-pyrrole nitrogens is 1. The highest BCUT2D eigenvalue weighted by Crippen LogP contribution is 2.39. The molecule has 2 N–H and O–H groups in total. The zero-order chi connectivity index (χ0) is 22.7. The summed E-state index contributed by atoms with van der Waals surface area (Å²) in [5, 5.41) is 3.56. The zero-order valence-electron chi connectivity index (χ0n) is 19.5. The molecule has 6 nitrogen and oxygen atoms in total. The molecule has 1 atom stereocenters. The van der Waals surface area contributed by atoms with Gasteiger partial charge in [-0.05, 0) is 62.9 Å². The summed E-state index contributed by atoms with van der Waals surface area (Å²) in [6, 6.07) is 8.58. The number of aromatic nitrogens is 3. The number of hydrogen-bond donors (Lipinski definition) is 2. The molecule has 5 rings (SSSR count). The lowest BCUT2D eigenvalue weighted by Gasteiger charge is -2.31. The molecule has 0 amide bonds. The van der Waals surface area contributed by atoms with Gasteiger partial charge in [-0.15, -0.1) is 0 Å². The smallest absolute Gasteiger partial charge is 0.172 e. The van der Waals surface area contributed by atoms with E-state index in [2.05, 4.69) is 22.2 Å². The van der Waals surface area contributed by atoms with Gasteiger partial charge in [-0.3, -0.25) is 4.79 Å². The Morgan fingerprint density at radius 1 is 1.12 bits per heavy atom. The molecule has 1 saturated carbocycles. The maximum absolute atomic E-state index is 13.4. The Morgan fingerprint density at radius 3 is 2.70 bits per heavy atom. The van der Waals surface area contributed by atoms with Gasteiger partial charge in [0.15, 0.2) is 11.4 Å². The number of nitrogens with zero attached hydrogens (tertiary/aromatic N) is 2. The van der Waals surface area contributed by atoms with Crippen LogP contribution in [0.1, 0.15) is 75.1 Å². The standard InChI is InChI=1S/C27H34N4O2/c1-27(13-4-2-5-14-27)25(32)22-17-29-26-24(22)31-23(18-30-26)19-8-10-21(11-9-19)33-16-12-20-7-3-6-15-28-20/h8-11,17-18,20,28H,2-7,12-16H2,1H3,(H,29,30). The number of hydrogen-bond acceptors (Lipinski definition) is 5. The average Bonchev–Trinajstić information content (AvgIpc) is 3.28. The Morgan fingerprint density at radius 2 is 1.94 bits per heavy atom. The van der Waals surface area contributed by atoms with Crippen molar-refractivity contribution in [2.45, 2.75) is 70.8 Å². The number of aromatic amines is 1. The largest absolute Gasteiger partial charge is 0.494 e. The number of ether oxygens (including phenoxy) is 1. The van der Waals surface area contributed by atoms with Crippen molar-refractivity contribution in [1.29, 1.82) is 0 Å². The lowest BCUT2D eigenvalue weighted by molar-refractivity contribution is 0.0751. The van der Waals surface area contributed by atoms with Gasteiger partial charge in [0.25, 0.3) is 0 Å². The summed E-state index contributed by atoms with van der Waals surface area (Å²) in [6.07, 6.45) is 13.8. The third-order valence-electron chi connectivity index (χ3n) is 7.43. The van der Waals surface area contributed by atoms with Crippen LogP contribution in [0.2, 0.25) is 0 Å². The van der Waals surface area contributed by atoms with Crippen molar-refractivity contribution in [3.05, 3.63) is 42.2 Å².